The van der Waals surface area contributed by atoms with E-state index in [4.69, 9.17) is 0 Å². The average Bonchev–Trinajstić information content (AvgIpc) is 2.54. The van der Waals surface area contributed by atoms with Crippen molar-refractivity contribution in [3.63, 3.8) is 0 Å². The molecule has 0 spiro atoms. The fourth-order valence-corrected chi connectivity index (χ4v) is 2.65. The zero-order valence-corrected chi connectivity index (χ0v) is 11.7. The highest BCUT2D eigenvalue weighted by molar-refractivity contribution is 4.82. The lowest BCUT2D eigenvalue weighted by Crippen LogP contribution is -2.27. The summed E-state index contributed by atoms with van der Waals surface area (Å²) in [5, 5.41) is 3.47. The van der Waals surface area contributed by atoms with Crippen LogP contribution in [0.4, 0.5) is 0 Å². The molecule has 1 rings (SSSR count). The third-order valence-corrected chi connectivity index (χ3v) is 3.67. The van der Waals surface area contributed by atoms with Crippen LogP contribution >= 0.6 is 0 Å². The van der Waals surface area contributed by atoms with Gasteiger partial charge in [-0.15, -0.1) is 0 Å². The van der Waals surface area contributed by atoms with Crippen molar-refractivity contribution in [1.82, 2.24) is 10.2 Å². The quantitative estimate of drug-likeness (QED) is 0.672. The first-order valence-electron chi connectivity index (χ1n) is 6.99. The Labute approximate surface area is 102 Å². The molecule has 96 valence electrons. The summed E-state index contributed by atoms with van der Waals surface area (Å²) in [5.41, 5.74) is 0.567. The van der Waals surface area contributed by atoms with Gasteiger partial charge in [0.15, 0.2) is 0 Å². The van der Waals surface area contributed by atoms with Crippen molar-refractivity contribution in [3.8, 4) is 0 Å². The van der Waals surface area contributed by atoms with Crippen LogP contribution in [0.2, 0.25) is 0 Å². The Balaban J connectivity index is 2.00. The first-order chi connectivity index (χ1) is 7.53. The minimum Gasteiger partial charge on any atom is -0.315 e. The molecule has 2 heteroatoms. The van der Waals surface area contributed by atoms with Crippen LogP contribution in [-0.2, 0) is 0 Å². The summed E-state index contributed by atoms with van der Waals surface area (Å²) in [6, 6.07) is 0.694. The highest BCUT2D eigenvalue weighted by atomic mass is 15.1. The summed E-state index contributed by atoms with van der Waals surface area (Å²) >= 11 is 0. The third kappa shape index (κ3) is 5.31. The van der Waals surface area contributed by atoms with E-state index in [1.807, 2.05) is 0 Å². The molecule has 0 amide bonds. The van der Waals surface area contributed by atoms with Crippen molar-refractivity contribution in [2.45, 2.75) is 59.4 Å². The molecule has 1 aliphatic rings. The van der Waals surface area contributed by atoms with E-state index in [1.165, 1.54) is 45.3 Å². The summed E-state index contributed by atoms with van der Waals surface area (Å²) in [5.74, 6) is 0. The molecule has 1 heterocycles. The molecule has 1 atom stereocenters. The normalized spacial score (nSPS) is 22.5. The minimum absolute atomic E-state index is 0.567. The van der Waals surface area contributed by atoms with Gasteiger partial charge in [-0.3, -0.25) is 0 Å². The predicted octanol–water partition coefficient (Wildman–Crippen LogP) is 2.89. The van der Waals surface area contributed by atoms with Gasteiger partial charge in [-0.1, -0.05) is 27.2 Å². The second kappa shape index (κ2) is 6.61. The van der Waals surface area contributed by atoms with E-state index in [-0.39, 0.29) is 0 Å². The van der Waals surface area contributed by atoms with Gasteiger partial charge in [-0.2, -0.15) is 0 Å². The van der Waals surface area contributed by atoms with Crippen molar-refractivity contribution in [2.24, 2.45) is 5.41 Å². The van der Waals surface area contributed by atoms with Crippen LogP contribution in [0.15, 0.2) is 0 Å². The van der Waals surface area contributed by atoms with Crippen molar-refractivity contribution in [2.75, 3.05) is 26.2 Å². The lowest BCUT2D eigenvalue weighted by atomic mass is 9.93. The topological polar surface area (TPSA) is 15.3 Å². The predicted molar refractivity (Wildman–Crippen MR) is 71.8 cm³/mol. The van der Waals surface area contributed by atoms with Crippen LogP contribution in [-0.4, -0.2) is 37.1 Å². The van der Waals surface area contributed by atoms with E-state index in [9.17, 15) is 0 Å². The standard InChI is InChI=1S/C14H30N2/c1-5-15-13(2)8-6-7-10-16-11-9-14(3,4)12-16/h13,15H,5-12H2,1-4H3. The maximum absolute atomic E-state index is 3.47. The summed E-state index contributed by atoms with van der Waals surface area (Å²) in [4.78, 5) is 2.64. The van der Waals surface area contributed by atoms with E-state index in [0.29, 0.717) is 11.5 Å². The van der Waals surface area contributed by atoms with Crippen LogP contribution in [0, 0.1) is 5.41 Å². The largest absolute Gasteiger partial charge is 0.315 e. The van der Waals surface area contributed by atoms with Gasteiger partial charge in [-0.05, 0) is 51.2 Å². The maximum atomic E-state index is 3.47. The fraction of sp³-hybridized carbons (Fsp3) is 1.00. The maximum Gasteiger partial charge on any atom is 0.00386 e. The lowest BCUT2D eigenvalue weighted by Gasteiger charge is -2.20. The van der Waals surface area contributed by atoms with Gasteiger partial charge < -0.3 is 10.2 Å². The molecule has 0 aliphatic carbocycles. The highest BCUT2D eigenvalue weighted by Crippen LogP contribution is 2.28. The van der Waals surface area contributed by atoms with E-state index in [2.05, 4.69) is 37.9 Å². The van der Waals surface area contributed by atoms with Crippen molar-refractivity contribution in [3.05, 3.63) is 0 Å². The smallest absolute Gasteiger partial charge is 0.00386 e. The zero-order chi connectivity index (χ0) is 12.0. The Morgan fingerprint density at radius 3 is 2.62 bits per heavy atom. The molecular weight excluding hydrogens is 196 g/mol. The summed E-state index contributed by atoms with van der Waals surface area (Å²) < 4.78 is 0. The van der Waals surface area contributed by atoms with Crippen LogP contribution in [0.25, 0.3) is 0 Å². The number of hydrogen-bond donors (Lipinski definition) is 1. The zero-order valence-electron chi connectivity index (χ0n) is 11.7. The molecule has 0 aromatic carbocycles. The molecule has 0 bridgehead atoms. The average molecular weight is 226 g/mol. The van der Waals surface area contributed by atoms with Crippen LogP contribution in [0.1, 0.15) is 53.4 Å². The Morgan fingerprint density at radius 1 is 1.31 bits per heavy atom. The minimum atomic E-state index is 0.567. The number of rotatable bonds is 7. The molecule has 1 fully saturated rings. The van der Waals surface area contributed by atoms with Gasteiger partial charge in [0.1, 0.15) is 0 Å². The molecule has 16 heavy (non-hydrogen) atoms. The summed E-state index contributed by atoms with van der Waals surface area (Å²) in [6.07, 6.45) is 5.43. The number of nitrogens with one attached hydrogen (secondary N) is 1. The second-order valence-corrected chi connectivity index (χ2v) is 6.14. The summed E-state index contributed by atoms with van der Waals surface area (Å²) in [7, 11) is 0. The van der Waals surface area contributed by atoms with Crippen LogP contribution in [0.3, 0.4) is 0 Å². The Bertz CT molecular complexity index is 189. The van der Waals surface area contributed by atoms with E-state index >= 15 is 0 Å². The number of unbranched alkanes of at least 4 members (excludes halogenated alkanes) is 1. The van der Waals surface area contributed by atoms with Crippen LogP contribution in [0.5, 0.6) is 0 Å². The van der Waals surface area contributed by atoms with Crippen molar-refractivity contribution < 1.29 is 0 Å². The van der Waals surface area contributed by atoms with Crippen molar-refractivity contribution >= 4 is 0 Å². The van der Waals surface area contributed by atoms with E-state index in [0.717, 1.165) is 6.54 Å². The molecule has 0 aromatic rings. The Hall–Kier alpha value is -0.0800. The fourth-order valence-electron chi connectivity index (χ4n) is 2.65. The molecule has 0 aromatic heterocycles. The number of hydrogen-bond acceptors (Lipinski definition) is 2. The van der Waals surface area contributed by atoms with Gasteiger partial charge in [-0.25, -0.2) is 0 Å². The first kappa shape index (κ1) is 14.0. The second-order valence-electron chi connectivity index (χ2n) is 6.14. The monoisotopic (exact) mass is 226 g/mol. The molecule has 1 aliphatic heterocycles. The molecule has 2 nitrogen and oxygen atoms in total. The van der Waals surface area contributed by atoms with Gasteiger partial charge in [0.2, 0.25) is 0 Å². The van der Waals surface area contributed by atoms with Crippen LogP contribution < -0.4 is 5.32 Å². The Kier molecular flexibility index (Phi) is 5.77. The SMILES string of the molecule is CCNC(C)CCCCN1CCC(C)(C)C1. The van der Waals surface area contributed by atoms with Crippen molar-refractivity contribution in [1.29, 1.82) is 0 Å². The number of nitrogens with zero attached hydrogens (tertiary/aromatic N) is 1. The highest BCUT2D eigenvalue weighted by Gasteiger charge is 2.28. The molecule has 1 N–H and O–H groups in total. The van der Waals surface area contributed by atoms with Gasteiger partial charge in [0.25, 0.3) is 0 Å². The molecule has 0 radical (unpaired) electrons. The van der Waals surface area contributed by atoms with E-state index < -0.39 is 0 Å². The Morgan fingerprint density at radius 2 is 2.06 bits per heavy atom. The molecule has 1 saturated heterocycles. The summed E-state index contributed by atoms with van der Waals surface area (Å²) in [6.45, 7) is 14.3. The molecule has 1 unspecified atom stereocenters. The van der Waals surface area contributed by atoms with E-state index in [1.54, 1.807) is 0 Å². The van der Waals surface area contributed by atoms with Gasteiger partial charge in [0.05, 0.1) is 0 Å². The molecule has 0 saturated carbocycles. The molecular formula is C14H30N2. The van der Waals surface area contributed by atoms with Gasteiger partial charge in [0, 0.05) is 12.6 Å². The lowest BCUT2D eigenvalue weighted by molar-refractivity contribution is 0.283. The number of likely N-dealkylation sites (tertiary alicyclic amines) is 1. The van der Waals surface area contributed by atoms with Gasteiger partial charge >= 0.3 is 0 Å². The first-order valence-corrected chi connectivity index (χ1v) is 6.99. The third-order valence-electron chi connectivity index (χ3n) is 3.67.